The second-order valence-corrected chi connectivity index (χ2v) is 9.21. The van der Waals surface area contributed by atoms with Gasteiger partial charge in [0.05, 0.1) is 17.2 Å². The highest BCUT2D eigenvalue weighted by Crippen LogP contribution is 2.29. The lowest BCUT2D eigenvalue weighted by Crippen LogP contribution is -2.08. The number of ketones is 1. The largest absolute Gasteiger partial charge is 0.297 e. The Morgan fingerprint density at radius 2 is 1.73 bits per heavy atom. The number of rotatable bonds is 7. The van der Waals surface area contributed by atoms with Gasteiger partial charge in [-0.05, 0) is 60.5 Å². The zero-order valence-corrected chi connectivity index (χ0v) is 18.9. The number of Topliss-reactive ketones (excluding diaryl/α,β-unsaturated/α-hetero) is 1. The van der Waals surface area contributed by atoms with Crippen LogP contribution in [0, 0.1) is 20.8 Å². The van der Waals surface area contributed by atoms with E-state index in [2.05, 4.69) is 39.9 Å². The van der Waals surface area contributed by atoms with Crippen molar-refractivity contribution >= 4 is 28.9 Å². The molecule has 0 N–H and O–H groups in total. The van der Waals surface area contributed by atoms with Crippen molar-refractivity contribution in [1.82, 2.24) is 14.8 Å². The van der Waals surface area contributed by atoms with Crippen LogP contribution in [0.3, 0.4) is 0 Å². The zero-order valence-electron chi connectivity index (χ0n) is 17.3. The highest BCUT2D eigenvalue weighted by Gasteiger charge is 2.18. The van der Waals surface area contributed by atoms with Crippen molar-refractivity contribution in [3.05, 3.63) is 87.8 Å². The molecule has 0 spiro atoms. The molecule has 6 heteroatoms. The molecule has 0 bridgehead atoms. The van der Waals surface area contributed by atoms with Gasteiger partial charge in [-0.2, -0.15) is 0 Å². The predicted octanol–water partition coefficient (Wildman–Crippen LogP) is 5.96. The van der Waals surface area contributed by atoms with Crippen molar-refractivity contribution in [2.45, 2.75) is 32.5 Å². The number of aromatic nitrogens is 3. The SMILES string of the molecule is Cc1cc(C)c(C(=O)CSc2nnc(-c3cccs3)n2Cc2ccccc2)cc1C. The number of carbonyl (C=O) groups is 1. The van der Waals surface area contributed by atoms with Crippen molar-refractivity contribution in [2.24, 2.45) is 0 Å². The molecule has 30 heavy (non-hydrogen) atoms. The molecule has 0 saturated heterocycles. The molecule has 4 aromatic rings. The van der Waals surface area contributed by atoms with E-state index in [1.54, 1.807) is 11.3 Å². The number of nitrogens with zero attached hydrogens (tertiary/aromatic N) is 3. The number of thiophene rings is 1. The average Bonchev–Trinajstić information content (AvgIpc) is 3.40. The molecule has 4 rings (SSSR count). The lowest BCUT2D eigenvalue weighted by molar-refractivity contribution is 0.102. The highest BCUT2D eigenvalue weighted by molar-refractivity contribution is 7.99. The van der Waals surface area contributed by atoms with E-state index < -0.39 is 0 Å². The summed E-state index contributed by atoms with van der Waals surface area (Å²) in [5.41, 5.74) is 5.33. The topological polar surface area (TPSA) is 47.8 Å². The molecule has 0 aliphatic rings. The van der Waals surface area contributed by atoms with Crippen molar-refractivity contribution < 1.29 is 4.79 Å². The molecule has 0 fully saturated rings. The van der Waals surface area contributed by atoms with Gasteiger partial charge in [0, 0.05) is 5.56 Å². The average molecular weight is 434 g/mol. The molecule has 0 aliphatic carbocycles. The summed E-state index contributed by atoms with van der Waals surface area (Å²) in [6, 6.07) is 18.4. The van der Waals surface area contributed by atoms with Crippen molar-refractivity contribution in [3.8, 4) is 10.7 Å². The molecule has 2 aromatic carbocycles. The van der Waals surface area contributed by atoms with Crippen molar-refractivity contribution in [1.29, 1.82) is 0 Å². The van der Waals surface area contributed by atoms with E-state index in [1.165, 1.54) is 22.9 Å². The molecule has 0 radical (unpaired) electrons. The van der Waals surface area contributed by atoms with Gasteiger partial charge in [0.25, 0.3) is 0 Å². The van der Waals surface area contributed by atoms with E-state index in [1.807, 2.05) is 55.6 Å². The van der Waals surface area contributed by atoms with Gasteiger partial charge in [0.2, 0.25) is 0 Å². The maximum absolute atomic E-state index is 12.9. The predicted molar refractivity (Wildman–Crippen MR) is 125 cm³/mol. The minimum absolute atomic E-state index is 0.118. The van der Waals surface area contributed by atoms with Crippen LogP contribution in [0.25, 0.3) is 10.7 Å². The lowest BCUT2D eigenvalue weighted by Gasteiger charge is -2.11. The Morgan fingerprint density at radius 1 is 0.967 bits per heavy atom. The first-order valence-electron chi connectivity index (χ1n) is 9.78. The van der Waals surface area contributed by atoms with E-state index in [-0.39, 0.29) is 5.78 Å². The summed E-state index contributed by atoms with van der Waals surface area (Å²) in [4.78, 5) is 14.0. The number of benzene rings is 2. The first kappa shape index (κ1) is 20.6. The minimum Gasteiger partial charge on any atom is -0.297 e. The molecule has 4 nitrogen and oxygen atoms in total. The third kappa shape index (κ3) is 4.40. The fourth-order valence-electron chi connectivity index (χ4n) is 3.36. The lowest BCUT2D eigenvalue weighted by atomic mass is 9.99. The van der Waals surface area contributed by atoms with E-state index >= 15 is 0 Å². The minimum atomic E-state index is 0.118. The molecule has 0 saturated carbocycles. The molecule has 2 heterocycles. The Labute approximate surface area is 185 Å². The molecule has 0 unspecified atom stereocenters. The summed E-state index contributed by atoms with van der Waals surface area (Å²) in [5, 5.41) is 11.7. The second kappa shape index (κ2) is 8.98. The second-order valence-electron chi connectivity index (χ2n) is 7.32. The number of aryl methyl sites for hydroxylation is 3. The first-order valence-corrected chi connectivity index (χ1v) is 11.6. The maximum Gasteiger partial charge on any atom is 0.192 e. The monoisotopic (exact) mass is 433 g/mol. The third-order valence-electron chi connectivity index (χ3n) is 5.12. The summed E-state index contributed by atoms with van der Waals surface area (Å²) in [6.07, 6.45) is 0. The van der Waals surface area contributed by atoms with Gasteiger partial charge in [0.15, 0.2) is 16.8 Å². The van der Waals surface area contributed by atoms with Crippen LogP contribution >= 0.6 is 23.1 Å². The van der Waals surface area contributed by atoms with Crippen LogP contribution in [0.5, 0.6) is 0 Å². The summed E-state index contributed by atoms with van der Waals surface area (Å²) in [6.45, 7) is 6.78. The Balaban J connectivity index is 1.60. The van der Waals surface area contributed by atoms with Gasteiger partial charge in [-0.1, -0.05) is 54.2 Å². The normalized spacial score (nSPS) is 11.0. The quantitative estimate of drug-likeness (QED) is 0.267. The zero-order chi connectivity index (χ0) is 21.1. The van der Waals surface area contributed by atoms with Gasteiger partial charge in [-0.3, -0.25) is 9.36 Å². The standard InChI is InChI=1S/C24H23N3OS2/c1-16-12-18(3)20(13-17(16)2)21(28)15-30-24-26-25-23(22-10-7-11-29-22)27(24)14-19-8-5-4-6-9-19/h4-13H,14-15H2,1-3H3. The molecule has 0 atom stereocenters. The van der Waals surface area contributed by atoms with Gasteiger partial charge in [-0.15, -0.1) is 21.5 Å². The Kier molecular flexibility index (Phi) is 6.16. The van der Waals surface area contributed by atoms with Gasteiger partial charge >= 0.3 is 0 Å². The van der Waals surface area contributed by atoms with Gasteiger partial charge in [-0.25, -0.2) is 0 Å². The van der Waals surface area contributed by atoms with Crippen LogP contribution in [0.1, 0.15) is 32.6 Å². The highest BCUT2D eigenvalue weighted by atomic mass is 32.2. The number of thioether (sulfide) groups is 1. The van der Waals surface area contributed by atoms with Crippen LogP contribution in [0.15, 0.2) is 65.1 Å². The van der Waals surface area contributed by atoms with Gasteiger partial charge in [0.1, 0.15) is 0 Å². The maximum atomic E-state index is 12.9. The number of hydrogen-bond donors (Lipinski definition) is 0. The van der Waals surface area contributed by atoms with Crippen LogP contribution in [0.2, 0.25) is 0 Å². The van der Waals surface area contributed by atoms with Crippen LogP contribution < -0.4 is 0 Å². The van der Waals surface area contributed by atoms with E-state index in [4.69, 9.17) is 0 Å². The van der Waals surface area contributed by atoms with E-state index in [0.717, 1.165) is 32.5 Å². The van der Waals surface area contributed by atoms with Crippen molar-refractivity contribution in [2.75, 3.05) is 5.75 Å². The molecular formula is C24H23N3OS2. The summed E-state index contributed by atoms with van der Waals surface area (Å²) in [5.74, 6) is 1.29. The van der Waals surface area contributed by atoms with E-state index in [0.29, 0.717) is 12.3 Å². The fraction of sp³-hybridized carbons (Fsp3) is 0.208. The number of carbonyl (C=O) groups excluding carboxylic acids is 1. The fourth-order valence-corrected chi connectivity index (χ4v) is 4.90. The first-order chi connectivity index (χ1) is 14.5. The third-order valence-corrected chi connectivity index (χ3v) is 6.95. The van der Waals surface area contributed by atoms with Crippen LogP contribution in [-0.4, -0.2) is 26.3 Å². The van der Waals surface area contributed by atoms with Crippen LogP contribution in [-0.2, 0) is 6.54 Å². The Hall–Kier alpha value is -2.70. The summed E-state index contributed by atoms with van der Waals surface area (Å²) < 4.78 is 2.10. The molecule has 0 amide bonds. The number of hydrogen-bond acceptors (Lipinski definition) is 5. The molecule has 0 aliphatic heterocycles. The Bertz CT molecular complexity index is 1160. The van der Waals surface area contributed by atoms with E-state index in [9.17, 15) is 4.79 Å². The smallest absolute Gasteiger partial charge is 0.192 e. The van der Waals surface area contributed by atoms with Crippen molar-refractivity contribution in [3.63, 3.8) is 0 Å². The summed E-state index contributed by atoms with van der Waals surface area (Å²) >= 11 is 3.09. The molecular weight excluding hydrogens is 410 g/mol. The molecule has 152 valence electrons. The Morgan fingerprint density at radius 3 is 2.47 bits per heavy atom. The van der Waals surface area contributed by atoms with Gasteiger partial charge < -0.3 is 0 Å². The van der Waals surface area contributed by atoms with Crippen LogP contribution in [0.4, 0.5) is 0 Å². The molecule has 2 aromatic heterocycles. The summed E-state index contributed by atoms with van der Waals surface area (Å²) in [7, 11) is 0.